The minimum absolute atomic E-state index is 0.120. The number of nitrogens with one attached hydrogen (secondary N) is 2. The highest BCUT2D eigenvalue weighted by molar-refractivity contribution is 6.13. The van der Waals surface area contributed by atoms with E-state index in [1.807, 2.05) is 18.2 Å². The first kappa shape index (κ1) is 15.5. The number of fused-ring (bicyclic) bond motifs is 3. The first-order chi connectivity index (χ1) is 12.0. The van der Waals surface area contributed by atoms with Gasteiger partial charge in [-0.05, 0) is 35.7 Å². The van der Waals surface area contributed by atoms with Crippen LogP contribution in [0.2, 0.25) is 0 Å². The van der Waals surface area contributed by atoms with Gasteiger partial charge in [-0.3, -0.25) is 5.10 Å². The van der Waals surface area contributed by atoms with E-state index in [-0.39, 0.29) is 11.4 Å². The molecule has 0 fully saturated rings. The Morgan fingerprint density at radius 3 is 2.52 bits per heavy atom. The Labute approximate surface area is 143 Å². The van der Waals surface area contributed by atoms with Crippen LogP contribution in [0.1, 0.15) is 30.9 Å². The number of aromatic nitrogens is 2. The lowest BCUT2D eigenvalue weighted by Crippen LogP contribution is -2.16. The van der Waals surface area contributed by atoms with Crippen molar-refractivity contribution >= 4 is 17.2 Å². The molecule has 2 aromatic carbocycles. The molecule has 1 aliphatic heterocycles. The molecule has 1 aromatic heterocycles. The lowest BCUT2D eigenvalue weighted by Gasteiger charge is -2.10. The fourth-order valence-electron chi connectivity index (χ4n) is 2.92. The summed E-state index contributed by atoms with van der Waals surface area (Å²) in [6.07, 6.45) is 1.58. The normalized spacial score (nSPS) is 12.9. The van der Waals surface area contributed by atoms with Crippen molar-refractivity contribution in [2.24, 2.45) is 4.99 Å². The lowest BCUT2D eigenvalue weighted by molar-refractivity contribution is 0.579. The van der Waals surface area contributed by atoms with Gasteiger partial charge in [0.1, 0.15) is 17.5 Å². The van der Waals surface area contributed by atoms with E-state index < -0.39 is 11.6 Å². The van der Waals surface area contributed by atoms with E-state index in [2.05, 4.69) is 34.4 Å². The molecule has 25 heavy (non-hydrogen) atoms. The van der Waals surface area contributed by atoms with Gasteiger partial charge in [0.15, 0.2) is 0 Å². The van der Waals surface area contributed by atoms with E-state index in [0.717, 1.165) is 16.8 Å². The molecule has 0 radical (unpaired) electrons. The highest BCUT2D eigenvalue weighted by Gasteiger charge is 2.23. The number of halogens is 2. The van der Waals surface area contributed by atoms with Crippen LogP contribution in [0.3, 0.4) is 0 Å². The molecule has 0 saturated carbocycles. The van der Waals surface area contributed by atoms with Crippen LogP contribution in [0.15, 0.2) is 47.6 Å². The van der Waals surface area contributed by atoms with Gasteiger partial charge in [-0.1, -0.05) is 26.0 Å². The van der Waals surface area contributed by atoms with Gasteiger partial charge in [-0.25, -0.2) is 13.8 Å². The fourth-order valence-corrected chi connectivity index (χ4v) is 2.92. The highest BCUT2D eigenvalue weighted by Crippen LogP contribution is 2.38. The van der Waals surface area contributed by atoms with Crippen LogP contribution in [0.4, 0.5) is 20.2 Å². The first-order valence-electron chi connectivity index (χ1n) is 8.02. The summed E-state index contributed by atoms with van der Waals surface area (Å²) in [5, 5.41) is 10.0. The predicted octanol–water partition coefficient (Wildman–Crippen LogP) is 4.98. The molecule has 0 aliphatic carbocycles. The van der Waals surface area contributed by atoms with Crippen LogP contribution in [0.25, 0.3) is 11.3 Å². The molecular weight excluding hydrogens is 322 g/mol. The molecule has 1 aliphatic rings. The van der Waals surface area contributed by atoms with Crippen molar-refractivity contribution in [1.82, 2.24) is 10.2 Å². The lowest BCUT2D eigenvalue weighted by atomic mass is 9.98. The quantitative estimate of drug-likeness (QED) is 0.692. The maximum absolute atomic E-state index is 14.2. The Hall–Kier alpha value is -3.02. The van der Waals surface area contributed by atoms with Crippen LogP contribution in [0, 0.1) is 11.6 Å². The minimum atomic E-state index is -0.668. The van der Waals surface area contributed by atoms with Gasteiger partial charge in [0.25, 0.3) is 0 Å². The standard InChI is InChI=1S/C19H16F2N4/c1-10(2)11-6-7-15-12(8-11)18-16(9-22-25-18)24-19(23-15)17-13(20)4-3-5-14(17)21/h3-10H,1-2H3,(H,22,25)(H,23,24). The minimum Gasteiger partial charge on any atom is -0.336 e. The number of anilines is 1. The zero-order chi connectivity index (χ0) is 17.6. The van der Waals surface area contributed by atoms with Crippen molar-refractivity contribution in [2.45, 2.75) is 19.8 Å². The highest BCUT2D eigenvalue weighted by atomic mass is 19.1. The van der Waals surface area contributed by atoms with Gasteiger partial charge in [-0.15, -0.1) is 0 Å². The first-order valence-corrected chi connectivity index (χ1v) is 8.02. The molecular formula is C19H16F2N4. The number of H-pyrrole nitrogens is 1. The molecule has 3 aromatic rings. The average Bonchev–Trinajstić information content (AvgIpc) is 2.97. The van der Waals surface area contributed by atoms with Gasteiger partial charge < -0.3 is 5.32 Å². The smallest absolute Gasteiger partial charge is 0.144 e. The van der Waals surface area contributed by atoms with Gasteiger partial charge >= 0.3 is 0 Å². The van der Waals surface area contributed by atoms with Crippen molar-refractivity contribution in [3.8, 4) is 11.3 Å². The maximum atomic E-state index is 14.2. The number of nitrogens with zero attached hydrogens (tertiary/aromatic N) is 2. The number of hydrogen-bond acceptors (Lipinski definition) is 3. The van der Waals surface area contributed by atoms with E-state index in [9.17, 15) is 8.78 Å². The van der Waals surface area contributed by atoms with Crippen molar-refractivity contribution in [1.29, 1.82) is 0 Å². The number of aliphatic imine (C=N–C) groups is 1. The maximum Gasteiger partial charge on any atom is 0.144 e. The van der Waals surface area contributed by atoms with Gasteiger partial charge in [-0.2, -0.15) is 5.10 Å². The van der Waals surface area contributed by atoms with Crippen LogP contribution in [0.5, 0.6) is 0 Å². The molecule has 2 heterocycles. The van der Waals surface area contributed by atoms with E-state index >= 15 is 0 Å². The van der Waals surface area contributed by atoms with E-state index in [1.54, 1.807) is 6.20 Å². The summed E-state index contributed by atoms with van der Waals surface area (Å²) in [4.78, 5) is 4.50. The summed E-state index contributed by atoms with van der Waals surface area (Å²) in [6, 6.07) is 9.63. The Kier molecular flexibility index (Phi) is 3.60. The second-order valence-corrected chi connectivity index (χ2v) is 6.27. The second-order valence-electron chi connectivity index (χ2n) is 6.27. The zero-order valence-corrected chi connectivity index (χ0v) is 13.8. The van der Waals surface area contributed by atoms with Crippen molar-refractivity contribution in [2.75, 3.05) is 5.32 Å². The summed E-state index contributed by atoms with van der Waals surface area (Å²) in [5.41, 5.74) is 3.80. The number of amidine groups is 1. The number of aromatic amines is 1. The average molecular weight is 338 g/mol. The summed E-state index contributed by atoms with van der Waals surface area (Å²) in [5.74, 6) is -0.869. The SMILES string of the molecule is CC(C)c1ccc2c(c1)-c1[nH]ncc1NC(c1c(F)cccc1F)=N2. The Bertz CT molecular complexity index is 969. The monoisotopic (exact) mass is 338 g/mol. The molecule has 0 unspecified atom stereocenters. The Morgan fingerprint density at radius 1 is 1.04 bits per heavy atom. The third-order valence-corrected chi connectivity index (χ3v) is 4.28. The molecule has 4 rings (SSSR count). The largest absolute Gasteiger partial charge is 0.336 e. The summed E-state index contributed by atoms with van der Waals surface area (Å²) >= 11 is 0. The van der Waals surface area contributed by atoms with E-state index in [4.69, 9.17) is 0 Å². The third-order valence-electron chi connectivity index (χ3n) is 4.28. The van der Waals surface area contributed by atoms with Crippen molar-refractivity contribution in [3.63, 3.8) is 0 Å². The van der Waals surface area contributed by atoms with Crippen LogP contribution < -0.4 is 5.32 Å². The molecule has 4 nitrogen and oxygen atoms in total. The molecule has 126 valence electrons. The van der Waals surface area contributed by atoms with Crippen LogP contribution in [-0.4, -0.2) is 16.0 Å². The topological polar surface area (TPSA) is 53.1 Å². The summed E-state index contributed by atoms with van der Waals surface area (Å²) < 4.78 is 28.5. The van der Waals surface area contributed by atoms with Gasteiger partial charge in [0.05, 0.1) is 28.8 Å². The molecule has 2 N–H and O–H groups in total. The Balaban J connectivity index is 1.96. The Morgan fingerprint density at radius 2 is 1.80 bits per heavy atom. The number of benzene rings is 2. The zero-order valence-electron chi connectivity index (χ0n) is 13.8. The van der Waals surface area contributed by atoms with Gasteiger partial charge in [0, 0.05) is 5.56 Å². The fraction of sp³-hybridized carbons (Fsp3) is 0.158. The molecule has 0 amide bonds. The molecule has 0 saturated heterocycles. The molecule has 6 heteroatoms. The van der Waals surface area contributed by atoms with Crippen LogP contribution in [-0.2, 0) is 0 Å². The van der Waals surface area contributed by atoms with Crippen molar-refractivity contribution < 1.29 is 8.78 Å². The summed E-state index contributed by atoms with van der Waals surface area (Å²) in [6.45, 7) is 4.21. The van der Waals surface area contributed by atoms with Crippen LogP contribution >= 0.6 is 0 Å². The van der Waals surface area contributed by atoms with Gasteiger partial charge in [0.2, 0.25) is 0 Å². The van der Waals surface area contributed by atoms with E-state index in [0.29, 0.717) is 17.3 Å². The number of hydrogen-bond donors (Lipinski definition) is 2. The predicted molar refractivity (Wildman–Crippen MR) is 94.3 cm³/mol. The summed E-state index contributed by atoms with van der Waals surface area (Å²) in [7, 11) is 0. The molecule has 0 spiro atoms. The molecule has 0 atom stereocenters. The molecule has 0 bridgehead atoms. The van der Waals surface area contributed by atoms with E-state index in [1.165, 1.54) is 18.2 Å². The van der Waals surface area contributed by atoms with Crippen molar-refractivity contribution in [3.05, 3.63) is 65.4 Å². The second kappa shape index (κ2) is 5.81. The third kappa shape index (κ3) is 2.59. The number of rotatable bonds is 2.